The Labute approximate surface area is 192 Å². The fourth-order valence-electron chi connectivity index (χ4n) is 4.01. The molecule has 0 N–H and O–H groups in total. The summed E-state index contributed by atoms with van der Waals surface area (Å²) in [6.45, 7) is -1.11. The van der Waals surface area contributed by atoms with E-state index in [0.29, 0.717) is 33.0 Å². The van der Waals surface area contributed by atoms with E-state index in [1.807, 2.05) is 37.3 Å². The van der Waals surface area contributed by atoms with E-state index in [4.69, 9.17) is 38.0 Å². The number of para-hydroxylation sites is 2. The van der Waals surface area contributed by atoms with E-state index in [1.165, 1.54) is 6.07 Å². The fourth-order valence-corrected chi connectivity index (χ4v) is 4.53. The Hall–Kier alpha value is -3.16. The predicted octanol–water partition coefficient (Wildman–Crippen LogP) is 6.43. The number of hydrogen-bond acceptors (Lipinski definition) is 4. The summed E-state index contributed by atoms with van der Waals surface area (Å²) < 4.78 is 32.9. The van der Waals surface area contributed by atoms with E-state index in [9.17, 15) is 8.78 Å². The molecule has 0 radical (unpaired) electrons. The van der Waals surface area contributed by atoms with Gasteiger partial charge in [-0.1, -0.05) is 59.6 Å². The lowest BCUT2D eigenvalue weighted by Gasteiger charge is -2.37. The smallest absolute Gasteiger partial charge is 0.387 e. The SMILES string of the molecule is Cc1nn(-c2ccccc2)c2c1[C@H](c1ccccc1OC(F)F)N1C=C(Cl)C=C(Cl)C1=N2. The molecule has 3 heterocycles. The number of amidine groups is 1. The van der Waals surface area contributed by atoms with Crippen molar-refractivity contribution in [3.05, 3.63) is 93.8 Å². The van der Waals surface area contributed by atoms with Crippen molar-refractivity contribution >= 4 is 34.9 Å². The van der Waals surface area contributed by atoms with Gasteiger partial charge >= 0.3 is 6.61 Å². The summed E-state index contributed by atoms with van der Waals surface area (Å²) in [6, 6.07) is 15.6. The van der Waals surface area contributed by atoms with Crippen LogP contribution in [0.25, 0.3) is 5.69 Å². The molecule has 5 nitrogen and oxygen atoms in total. The zero-order valence-corrected chi connectivity index (χ0v) is 18.2. The lowest BCUT2D eigenvalue weighted by Crippen LogP contribution is -2.36. The van der Waals surface area contributed by atoms with Crippen LogP contribution in [0.15, 0.2) is 81.9 Å². The molecule has 0 aliphatic carbocycles. The van der Waals surface area contributed by atoms with E-state index < -0.39 is 12.7 Å². The van der Waals surface area contributed by atoms with E-state index in [0.717, 1.165) is 11.3 Å². The molecule has 32 heavy (non-hydrogen) atoms. The minimum Gasteiger partial charge on any atom is -0.434 e. The predicted molar refractivity (Wildman–Crippen MR) is 120 cm³/mol. The van der Waals surface area contributed by atoms with Crippen LogP contribution in [0.5, 0.6) is 5.75 Å². The zero-order valence-electron chi connectivity index (χ0n) is 16.7. The summed E-state index contributed by atoms with van der Waals surface area (Å²) in [7, 11) is 0. The largest absolute Gasteiger partial charge is 0.434 e. The number of halogens is 4. The minimum atomic E-state index is -2.97. The van der Waals surface area contributed by atoms with Crippen molar-refractivity contribution in [1.82, 2.24) is 14.7 Å². The third kappa shape index (κ3) is 3.47. The monoisotopic (exact) mass is 472 g/mol. The molecule has 0 bridgehead atoms. The first kappa shape index (κ1) is 20.7. The van der Waals surface area contributed by atoms with E-state index >= 15 is 0 Å². The molecule has 3 aromatic rings. The van der Waals surface area contributed by atoms with Crippen LogP contribution in [-0.2, 0) is 0 Å². The first-order valence-corrected chi connectivity index (χ1v) is 10.5. The summed E-state index contributed by atoms with van der Waals surface area (Å²) in [4.78, 5) is 6.57. The van der Waals surface area contributed by atoms with Gasteiger partial charge in [0.15, 0.2) is 11.7 Å². The Morgan fingerprint density at radius 1 is 1.03 bits per heavy atom. The van der Waals surface area contributed by atoms with Gasteiger partial charge in [-0.3, -0.25) is 0 Å². The third-order valence-electron chi connectivity index (χ3n) is 5.26. The van der Waals surface area contributed by atoms with E-state index in [2.05, 4.69) is 0 Å². The summed E-state index contributed by atoms with van der Waals surface area (Å²) in [6.07, 6.45) is 3.27. The molecular formula is C23H16Cl2F2N4O. The molecule has 2 aromatic carbocycles. The van der Waals surface area contributed by atoms with Gasteiger partial charge in [0.05, 0.1) is 27.5 Å². The molecule has 0 fully saturated rings. The molecule has 0 unspecified atom stereocenters. The Morgan fingerprint density at radius 2 is 1.75 bits per heavy atom. The number of alkyl halides is 2. The maximum atomic E-state index is 13.2. The average Bonchev–Trinajstić information content (AvgIpc) is 3.10. The highest BCUT2D eigenvalue weighted by Gasteiger charge is 2.39. The number of hydrogen-bond donors (Lipinski definition) is 0. The Kier molecular flexibility index (Phi) is 5.23. The van der Waals surface area contributed by atoms with Gasteiger partial charge in [0.25, 0.3) is 0 Å². The first-order chi connectivity index (χ1) is 15.4. The molecular weight excluding hydrogens is 457 g/mol. The lowest BCUT2D eigenvalue weighted by atomic mass is 9.94. The van der Waals surface area contributed by atoms with Crippen LogP contribution in [0.1, 0.15) is 22.9 Å². The van der Waals surface area contributed by atoms with Crippen molar-refractivity contribution in [2.45, 2.75) is 19.6 Å². The number of fused-ring (bicyclic) bond motifs is 2. The molecule has 1 atom stereocenters. The summed E-state index contributed by atoms with van der Waals surface area (Å²) in [5.41, 5.74) is 2.77. The van der Waals surface area contributed by atoms with Gasteiger partial charge in [-0.25, -0.2) is 9.67 Å². The number of aryl methyl sites for hydroxylation is 1. The topological polar surface area (TPSA) is 42.6 Å². The maximum absolute atomic E-state index is 13.2. The molecule has 2 aliphatic heterocycles. The van der Waals surface area contributed by atoms with Gasteiger partial charge in [0.1, 0.15) is 5.75 Å². The second kappa shape index (κ2) is 8.07. The van der Waals surface area contributed by atoms with Gasteiger partial charge in [-0.15, -0.1) is 0 Å². The molecule has 1 aromatic heterocycles. The van der Waals surface area contributed by atoms with Crippen molar-refractivity contribution in [1.29, 1.82) is 0 Å². The average molecular weight is 473 g/mol. The van der Waals surface area contributed by atoms with Gasteiger partial charge in [0.2, 0.25) is 0 Å². The molecule has 0 spiro atoms. The summed E-state index contributed by atoms with van der Waals surface area (Å²) in [5, 5.41) is 5.43. The van der Waals surface area contributed by atoms with Gasteiger partial charge in [0, 0.05) is 17.3 Å². The van der Waals surface area contributed by atoms with Crippen molar-refractivity contribution in [2.24, 2.45) is 4.99 Å². The molecule has 0 saturated carbocycles. The summed E-state index contributed by atoms with van der Waals surface area (Å²) in [5.74, 6) is 1.06. The van der Waals surface area contributed by atoms with E-state index in [1.54, 1.807) is 40.1 Å². The highest BCUT2D eigenvalue weighted by molar-refractivity contribution is 6.45. The second-order valence-corrected chi connectivity index (χ2v) is 8.08. The highest BCUT2D eigenvalue weighted by Crippen LogP contribution is 2.47. The minimum absolute atomic E-state index is 0.0572. The van der Waals surface area contributed by atoms with Crippen LogP contribution < -0.4 is 4.74 Å². The Balaban J connectivity index is 1.78. The van der Waals surface area contributed by atoms with Crippen molar-refractivity contribution < 1.29 is 13.5 Å². The zero-order chi connectivity index (χ0) is 22.4. The van der Waals surface area contributed by atoms with Gasteiger partial charge < -0.3 is 9.64 Å². The normalized spacial score (nSPS) is 17.4. The number of nitrogens with zero attached hydrogens (tertiary/aromatic N) is 4. The number of rotatable bonds is 4. The third-order valence-corrected chi connectivity index (χ3v) is 5.75. The van der Waals surface area contributed by atoms with Crippen molar-refractivity contribution in [3.8, 4) is 11.4 Å². The molecule has 0 saturated heterocycles. The summed E-state index contributed by atoms with van der Waals surface area (Å²) >= 11 is 12.8. The molecule has 5 rings (SSSR count). The quantitative estimate of drug-likeness (QED) is 0.439. The van der Waals surface area contributed by atoms with Crippen molar-refractivity contribution in [3.63, 3.8) is 0 Å². The fraction of sp³-hybridized carbons (Fsp3) is 0.130. The molecule has 9 heteroatoms. The molecule has 0 amide bonds. The molecule has 162 valence electrons. The Bertz CT molecular complexity index is 1280. The number of aliphatic imine (C=N–C) groups is 1. The first-order valence-electron chi connectivity index (χ1n) is 9.74. The van der Waals surface area contributed by atoms with Crippen LogP contribution in [0, 0.1) is 6.92 Å². The number of benzene rings is 2. The van der Waals surface area contributed by atoms with Crippen LogP contribution in [0.2, 0.25) is 0 Å². The van der Waals surface area contributed by atoms with Crippen LogP contribution in [0.3, 0.4) is 0 Å². The second-order valence-electron chi connectivity index (χ2n) is 7.24. The Morgan fingerprint density at radius 3 is 2.50 bits per heavy atom. The number of ether oxygens (including phenoxy) is 1. The molecule has 2 aliphatic rings. The van der Waals surface area contributed by atoms with E-state index in [-0.39, 0.29) is 5.75 Å². The standard InChI is InChI=1S/C23H16Cl2F2N4O/c1-13-19-20(16-9-5-6-10-18(16)32-23(26)27)30-12-14(24)11-17(25)21(30)28-22(19)31(29-13)15-7-3-2-4-8-15/h2-12,20,23H,1H3/t20-/m0/s1. The number of aromatic nitrogens is 2. The van der Waals surface area contributed by atoms with Crippen LogP contribution >= 0.6 is 23.2 Å². The maximum Gasteiger partial charge on any atom is 0.387 e. The lowest BCUT2D eigenvalue weighted by molar-refractivity contribution is -0.0507. The van der Waals surface area contributed by atoms with Crippen LogP contribution in [0.4, 0.5) is 14.6 Å². The highest BCUT2D eigenvalue weighted by atomic mass is 35.5. The van der Waals surface area contributed by atoms with Gasteiger partial charge in [-0.05, 0) is 31.2 Å². The van der Waals surface area contributed by atoms with Gasteiger partial charge in [-0.2, -0.15) is 13.9 Å². The number of allylic oxidation sites excluding steroid dienone is 2. The van der Waals surface area contributed by atoms with Crippen molar-refractivity contribution in [2.75, 3.05) is 0 Å². The van der Waals surface area contributed by atoms with Crippen LogP contribution in [-0.4, -0.2) is 27.1 Å².